The molecule has 1 saturated heterocycles. The first-order valence-electron chi connectivity index (χ1n) is 9.23. The maximum absolute atomic E-state index is 13.8. The number of hydrogen-bond donors (Lipinski definition) is 2. The molecule has 0 bridgehead atoms. The molecular formula is C20H24F3N3O3. The molecule has 29 heavy (non-hydrogen) atoms. The lowest BCUT2D eigenvalue weighted by Gasteiger charge is -2.38. The molecule has 0 saturated carbocycles. The van der Waals surface area contributed by atoms with E-state index in [2.05, 4.69) is 4.98 Å². The lowest BCUT2D eigenvalue weighted by molar-refractivity contribution is -0.138. The van der Waals surface area contributed by atoms with E-state index in [1.165, 1.54) is 6.07 Å². The molecule has 1 aliphatic heterocycles. The number of aliphatic hydroxyl groups excluding tert-OH is 1. The van der Waals surface area contributed by atoms with E-state index in [9.17, 15) is 28.2 Å². The Hall–Kier alpha value is -2.55. The standard InChI is InChI=1S/C20H24F3N3O3/c1-11-16(17(28)29)24-18(19(2,3)4)26(11)8-12-5-6-13(25-9-14(27)10-25)7-15(12)20(21,22)23/h5-7,14,27H,8-10H2,1-4H3,(H,28,29). The Balaban J connectivity index is 2.07. The van der Waals surface area contributed by atoms with Crippen LogP contribution in [0.25, 0.3) is 0 Å². The minimum absolute atomic E-state index is 0.0326. The topological polar surface area (TPSA) is 78.6 Å². The summed E-state index contributed by atoms with van der Waals surface area (Å²) in [6.07, 6.45) is -5.10. The van der Waals surface area contributed by atoms with Crippen molar-refractivity contribution < 1.29 is 28.2 Å². The van der Waals surface area contributed by atoms with Crippen LogP contribution in [0, 0.1) is 6.92 Å². The average Bonchev–Trinajstić information content (AvgIpc) is 2.89. The van der Waals surface area contributed by atoms with Crippen molar-refractivity contribution in [3.05, 3.63) is 46.5 Å². The number of carboxylic acids is 1. The number of rotatable bonds is 4. The summed E-state index contributed by atoms with van der Waals surface area (Å²) in [6.45, 7) is 7.51. The summed E-state index contributed by atoms with van der Waals surface area (Å²) in [6, 6.07) is 4.09. The second-order valence-electron chi connectivity index (χ2n) is 8.41. The molecule has 158 valence electrons. The molecule has 9 heteroatoms. The van der Waals surface area contributed by atoms with E-state index in [1.54, 1.807) is 22.5 Å². The average molecular weight is 411 g/mol. The Bertz CT molecular complexity index is 939. The largest absolute Gasteiger partial charge is 0.476 e. The third kappa shape index (κ3) is 4.10. The lowest BCUT2D eigenvalue weighted by Crippen LogP contribution is -2.50. The number of aromatic nitrogens is 2. The van der Waals surface area contributed by atoms with Gasteiger partial charge in [-0.15, -0.1) is 0 Å². The van der Waals surface area contributed by atoms with E-state index >= 15 is 0 Å². The Labute approximate surface area is 166 Å². The van der Waals surface area contributed by atoms with Crippen LogP contribution in [-0.2, 0) is 18.1 Å². The number of alkyl halides is 3. The van der Waals surface area contributed by atoms with Crippen molar-refractivity contribution in [2.45, 2.75) is 51.9 Å². The van der Waals surface area contributed by atoms with Gasteiger partial charge >= 0.3 is 12.1 Å². The van der Waals surface area contributed by atoms with Crippen molar-refractivity contribution in [1.82, 2.24) is 9.55 Å². The number of anilines is 1. The summed E-state index contributed by atoms with van der Waals surface area (Å²) < 4.78 is 42.9. The minimum atomic E-state index is -4.57. The number of aliphatic hydroxyl groups is 1. The fourth-order valence-electron chi connectivity index (χ4n) is 3.50. The van der Waals surface area contributed by atoms with E-state index in [1.807, 2.05) is 20.8 Å². The molecule has 3 rings (SSSR count). The van der Waals surface area contributed by atoms with Gasteiger partial charge in [0.05, 0.1) is 11.7 Å². The SMILES string of the molecule is Cc1c(C(=O)O)nc(C(C)(C)C)n1Cc1ccc(N2CC(O)C2)cc1C(F)(F)F. The summed E-state index contributed by atoms with van der Waals surface area (Å²) in [4.78, 5) is 17.4. The van der Waals surface area contributed by atoms with Gasteiger partial charge in [-0.2, -0.15) is 13.2 Å². The molecule has 0 amide bonds. The van der Waals surface area contributed by atoms with Crippen LogP contribution >= 0.6 is 0 Å². The van der Waals surface area contributed by atoms with Gasteiger partial charge in [0.25, 0.3) is 0 Å². The molecular weight excluding hydrogens is 387 g/mol. The maximum Gasteiger partial charge on any atom is 0.416 e. The smallest absolute Gasteiger partial charge is 0.416 e. The van der Waals surface area contributed by atoms with Gasteiger partial charge in [-0.05, 0) is 24.6 Å². The van der Waals surface area contributed by atoms with Crippen LogP contribution < -0.4 is 4.90 Å². The Morgan fingerprint density at radius 3 is 2.34 bits per heavy atom. The molecule has 1 aromatic carbocycles. The van der Waals surface area contributed by atoms with Gasteiger partial charge in [-0.3, -0.25) is 0 Å². The molecule has 1 aromatic heterocycles. The highest BCUT2D eigenvalue weighted by atomic mass is 19.4. The van der Waals surface area contributed by atoms with Gasteiger partial charge in [0.1, 0.15) is 5.82 Å². The number of benzene rings is 1. The Kier molecular flexibility index (Phi) is 5.15. The molecule has 0 unspecified atom stereocenters. The molecule has 1 aliphatic rings. The van der Waals surface area contributed by atoms with Gasteiger partial charge in [0.2, 0.25) is 0 Å². The first-order valence-corrected chi connectivity index (χ1v) is 9.23. The van der Waals surface area contributed by atoms with Crippen LogP contribution in [0.4, 0.5) is 18.9 Å². The summed E-state index contributed by atoms with van der Waals surface area (Å²) in [5.74, 6) is -0.801. The van der Waals surface area contributed by atoms with E-state index in [4.69, 9.17) is 0 Å². The molecule has 0 radical (unpaired) electrons. The molecule has 1 fully saturated rings. The number of imidazole rings is 1. The van der Waals surface area contributed by atoms with Crippen LogP contribution in [0.5, 0.6) is 0 Å². The summed E-state index contributed by atoms with van der Waals surface area (Å²) in [7, 11) is 0. The Morgan fingerprint density at radius 1 is 1.24 bits per heavy atom. The summed E-state index contributed by atoms with van der Waals surface area (Å²) in [5.41, 5.74) is -0.743. The highest BCUT2D eigenvalue weighted by Crippen LogP contribution is 2.37. The normalized spacial score (nSPS) is 15.5. The quantitative estimate of drug-likeness (QED) is 0.806. The highest BCUT2D eigenvalue weighted by Gasteiger charge is 2.36. The lowest BCUT2D eigenvalue weighted by atomic mass is 9.95. The Morgan fingerprint density at radius 2 is 1.86 bits per heavy atom. The molecule has 2 heterocycles. The highest BCUT2D eigenvalue weighted by molar-refractivity contribution is 5.86. The number of halogens is 3. The third-order valence-corrected chi connectivity index (χ3v) is 5.05. The minimum Gasteiger partial charge on any atom is -0.476 e. The number of aromatic carboxylic acids is 1. The molecule has 0 aliphatic carbocycles. The number of carbonyl (C=O) groups is 1. The van der Waals surface area contributed by atoms with Gasteiger partial charge in [0.15, 0.2) is 5.69 Å². The van der Waals surface area contributed by atoms with Crippen molar-refractivity contribution in [3.8, 4) is 0 Å². The van der Waals surface area contributed by atoms with Crippen LogP contribution in [-0.4, -0.2) is 44.9 Å². The predicted molar refractivity (Wildman–Crippen MR) is 101 cm³/mol. The first kappa shape index (κ1) is 21.2. The summed E-state index contributed by atoms with van der Waals surface area (Å²) in [5, 5.41) is 18.8. The van der Waals surface area contributed by atoms with Crippen LogP contribution in [0.2, 0.25) is 0 Å². The zero-order valence-corrected chi connectivity index (χ0v) is 16.7. The van der Waals surface area contributed by atoms with Crippen molar-refractivity contribution in [3.63, 3.8) is 0 Å². The number of hydrogen-bond acceptors (Lipinski definition) is 4. The van der Waals surface area contributed by atoms with Gasteiger partial charge in [-0.1, -0.05) is 26.8 Å². The molecule has 2 aromatic rings. The predicted octanol–water partition coefficient (Wildman–Crippen LogP) is 3.44. The van der Waals surface area contributed by atoms with E-state index in [0.29, 0.717) is 30.3 Å². The van der Waals surface area contributed by atoms with Crippen LogP contribution in [0.15, 0.2) is 18.2 Å². The summed E-state index contributed by atoms with van der Waals surface area (Å²) >= 11 is 0. The van der Waals surface area contributed by atoms with E-state index in [0.717, 1.165) is 6.07 Å². The van der Waals surface area contributed by atoms with Gasteiger partial charge in [0, 0.05) is 36.4 Å². The second-order valence-corrected chi connectivity index (χ2v) is 8.41. The van der Waals surface area contributed by atoms with Crippen molar-refractivity contribution in [1.29, 1.82) is 0 Å². The van der Waals surface area contributed by atoms with Crippen LogP contribution in [0.3, 0.4) is 0 Å². The monoisotopic (exact) mass is 411 g/mol. The third-order valence-electron chi connectivity index (χ3n) is 5.05. The fraction of sp³-hybridized carbons (Fsp3) is 0.500. The second kappa shape index (κ2) is 7.05. The maximum atomic E-state index is 13.8. The van der Waals surface area contributed by atoms with Crippen LogP contribution in [0.1, 0.15) is 53.9 Å². The molecule has 0 atom stereocenters. The molecule has 6 nitrogen and oxygen atoms in total. The molecule has 2 N–H and O–H groups in total. The van der Waals surface area contributed by atoms with Gasteiger partial charge in [-0.25, -0.2) is 9.78 Å². The molecule has 0 spiro atoms. The first-order chi connectivity index (χ1) is 13.3. The zero-order chi connectivity index (χ0) is 21.7. The van der Waals surface area contributed by atoms with E-state index in [-0.39, 0.29) is 17.8 Å². The fourth-order valence-corrected chi connectivity index (χ4v) is 3.50. The van der Waals surface area contributed by atoms with Crippen molar-refractivity contribution in [2.75, 3.05) is 18.0 Å². The number of β-amino-alcohol motifs (C(OH)–C–C–N with tert-alkyl or cyclic N) is 1. The zero-order valence-electron chi connectivity index (χ0n) is 16.7. The number of nitrogens with zero attached hydrogens (tertiary/aromatic N) is 3. The van der Waals surface area contributed by atoms with Crippen molar-refractivity contribution in [2.24, 2.45) is 0 Å². The van der Waals surface area contributed by atoms with E-state index < -0.39 is 29.2 Å². The van der Waals surface area contributed by atoms with Gasteiger partial charge < -0.3 is 19.7 Å². The van der Waals surface area contributed by atoms with Crippen molar-refractivity contribution >= 4 is 11.7 Å². The number of carboxylic acid groups (broad SMARTS) is 1.